The van der Waals surface area contributed by atoms with Crippen molar-refractivity contribution in [1.29, 1.82) is 0 Å². The molecule has 2 nitrogen and oxygen atoms in total. The Hall–Kier alpha value is -0.750. The summed E-state index contributed by atoms with van der Waals surface area (Å²) in [5, 5.41) is 0. The average Bonchev–Trinajstić information content (AvgIpc) is 2.67. The highest BCUT2D eigenvalue weighted by molar-refractivity contribution is 7.17. The van der Waals surface area contributed by atoms with Gasteiger partial charge < -0.3 is 0 Å². The SMILES string of the molecule is O=C1C=CC(=O)C2C3C=CC(C3P)C12. The predicted molar refractivity (Wildman–Crippen MR) is 55.8 cm³/mol. The molecule has 14 heavy (non-hydrogen) atoms. The van der Waals surface area contributed by atoms with E-state index in [1.807, 2.05) is 0 Å². The number of carbonyl (C=O) groups excluding carboxylic acids is 2. The fourth-order valence-corrected chi connectivity index (χ4v) is 3.82. The van der Waals surface area contributed by atoms with E-state index in [2.05, 4.69) is 21.4 Å². The zero-order valence-electron chi connectivity index (χ0n) is 7.59. The molecule has 2 bridgehead atoms. The predicted octanol–water partition coefficient (Wildman–Crippen LogP) is 0.986. The van der Waals surface area contributed by atoms with Crippen LogP contribution in [0.3, 0.4) is 0 Å². The highest BCUT2D eigenvalue weighted by atomic mass is 31.0. The Morgan fingerprint density at radius 3 is 1.79 bits per heavy atom. The van der Waals surface area contributed by atoms with Crippen molar-refractivity contribution in [2.24, 2.45) is 23.7 Å². The Morgan fingerprint density at radius 1 is 0.929 bits per heavy atom. The minimum Gasteiger partial charge on any atom is -0.294 e. The van der Waals surface area contributed by atoms with Crippen LogP contribution in [0.1, 0.15) is 0 Å². The average molecular weight is 206 g/mol. The molecular formula is C11H11O2P. The van der Waals surface area contributed by atoms with E-state index in [9.17, 15) is 9.59 Å². The summed E-state index contributed by atoms with van der Waals surface area (Å²) in [6, 6.07) is 0. The topological polar surface area (TPSA) is 34.1 Å². The maximum atomic E-state index is 11.7. The van der Waals surface area contributed by atoms with E-state index >= 15 is 0 Å². The Labute approximate surface area is 84.6 Å². The number of hydrogen-bond acceptors (Lipinski definition) is 2. The van der Waals surface area contributed by atoms with E-state index in [0.29, 0.717) is 5.66 Å². The molecule has 0 aromatic heterocycles. The number of fused-ring (bicyclic) bond motifs is 5. The van der Waals surface area contributed by atoms with Gasteiger partial charge in [-0.25, -0.2) is 0 Å². The zero-order valence-corrected chi connectivity index (χ0v) is 8.74. The number of carbonyl (C=O) groups is 2. The van der Waals surface area contributed by atoms with Crippen LogP contribution in [0.2, 0.25) is 0 Å². The third-order valence-corrected chi connectivity index (χ3v) is 4.62. The van der Waals surface area contributed by atoms with Crippen LogP contribution in [0.4, 0.5) is 0 Å². The molecule has 1 fully saturated rings. The molecule has 72 valence electrons. The molecule has 3 aliphatic carbocycles. The second-order valence-corrected chi connectivity index (χ2v) is 5.08. The first-order chi connectivity index (χ1) is 6.70. The van der Waals surface area contributed by atoms with Crippen molar-refractivity contribution in [3.8, 4) is 0 Å². The molecule has 0 radical (unpaired) electrons. The summed E-state index contributed by atoms with van der Waals surface area (Å²) in [4.78, 5) is 23.3. The maximum Gasteiger partial charge on any atom is 0.160 e. The lowest BCUT2D eigenvalue weighted by molar-refractivity contribution is -0.129. The lowest BCUT2D eigenvalue weighted by Gasteiger charge is -2.26. The van der Waals surface area contributed by atoms with Gasteiger partial charge in [-0.1, -0.05) is 12.2 Å². The van der Waals surface area contributed by atoms with Gasteiger partial charge in [-0.3, -0.25) is 9.59 Å². The van der Waals surface area contributed by atoms with E-state index in [-0.39, 0.29) is 35.2 Å². The molecule has 3 heteroatoms. The van der Waals surface area contributed by atoms with Crippen LogP contribution >= 0.6 is 9.24 Å². The molecule has 1 saturated carbocycles. The molecule has 0 spiro atoms. The standard InChI is InChI=1S/C11H11O2P/c12-7-3-4-8(13)10-6-2-1-5(9(7)10)11(6)14/h1-6,9-11H,14H2. The third kappa shape index (κ3) is 0.852. The second-order valence-electron chi connectivity index (χ2n) is 4.31. The minimum atomic E-state index is -0.0648. The summed E-state index contributed by atoms with van der Waals surface area (Å²) in [5.41, 5.74) is 0.387. The fraction of sp³-hybridized carbons (Fsp3) is 0.455. The number of ketones is 2. The summed E-state index contributed by atoms with van der Waals surface area (Å²) < 4.78 is 0. The van der Waals surface area contributed by atoms with Crippen molar-refractivity contribution >= 4 is 20.8 Å². The van der Waals surface area contributed by atoms with Gasteiger partial charge in [0, 0.05) is 11.8 Å². The molecule has 5 unspecified atom stereocenters. The van der Waals surface area contributed by atoms with Crippen molar-refractivity contribution < 1.29 is 9.59 Å². The molecule has 0 aliphatic heterocycles. The van der Waals surface area contributed by atoms with Crippen LogP contribution in [-0.4, -0.2) is 17.2 Å². The first-order valence-corrected chi connectivity index (χ1v) is 5.56. The van der Waals surface area contributed by atoms with Crippen molar-refractivity contribution in [3.63, 3.8) is 0 Å². The van der Waals surface area contributed by atoms with Crippen LogP contribution in [0, 0.1) is 23.7 Å². The quantitative estimate of drug-likeness (QED) is 0.437. The zero-order chi connectivity index (χ0) is 9.87. The van der Waals surface area contributed by atoms with Crippen LogP contribution in [-0.2, 0) is 9.59 Å². The third-order valence-electron chi connectivity index (χ3n) is 3.73. The van der Waals surface area contributed by atoms with Crippen LogP contribution in [0.15, 0.2) is 24.3 Å². The molecule has 3 aliphatic rings. The van der Waals surface area contributed by atoms with E-state index in [1.165, 1.54) is 12.2 Å². The van der Waals surface area contributed by atoms with E-state index in [0.717, 1.165) is 0 Å². The summed E-state index contributed by atoms with van der Waals surface area (Å²) in [6.45, 7) is 0. The first kappa shape index (κ1) is 8.55. The maximum absolute atomic E-state index is 11.7. The van der Waals surface area contributed by atoms with Gasteiger partial charge in [0.25, 0.3) is 0 Å². The molecular weight excluding hydrogens is 195 g/mol. The number of allylic oxidation sites excluding steroid dienone is 4. The van der Waals surface area contributed by atoms with Crippen LogP contribution < -0.4 is 0 Å². The minimum absolute atomic E-state index is 0.0648. The van der Waals surface area contributed by atoms with Crippen molar-refractivity contribution in [1.82, 2.24) is 0 Å². The first-order valence-electron chi connectivity index (χ1n) is 4.90. The van der Waals surface area contributed by atoms with Gasteiger partial charge in [0.1, 0.15) is 0 Å². The molecule has 0 saturated heterocycles. The smallest absolute Gasteiger partial charge is 0.160 e. The Kier molecular flexibility index (Phi) is 1.61. The summed E-state index contributed by atoms with van der Waals surface area (Å²) in [6.07, 6.45) is 7.12. The summed E-state index contributed by atoms with van der Waals surface area (Å²) in [7, 11) is 2.78. The van der Waals surface area contributed by atoms with Gasteiger partial charge in [-0.05, 0) is 29.6 Å². The normalized spacial score (nSPS) is 48.8. The Morgan fingerprint density at radius 2 is 1.36 bits per heavy atom. The van der Waals surface area contributed by atoms with Gasteiger partial charge in [-0.2, -0.15) is 0 Å². The van der Waals surface area contributed by atoms with E-state index in [1.54, 1.807) is 0 Å². The molecule has 0 N–H and O–H groups in total. The van der Waals surface area contributed by atoms with Crippen molar-refractivity contribution in [2.45, 2.75) is 5.66 Å². The fourth-order valence-electron chi connectivity index (χ4n) is 3.09. The Bertz CT molecular complexity index is 349. The van der Waals surface area contributed by atoms with Crippen LogP contribution in [0.5, 0.6) is 0 Å². The van der Waals surface area contributed by atoms with E-state index < -0.39 is 0 Å². The molecule has 0 heterocycles. The van der Waals surface area contributed by atoms with Gasteiger partial charge >= 0.3 is 0 Å². The van der Waals surface area contributed by atoms with Gasteiger partial charge in [0.2, 0.25) is 0 Å². The van der Waals surface area contributed by atoms with Crippen LogP contribution in [0.25, 0.3) is 0 Å². The summed E-state index contributed by atoms with van der Waals surface area (Å²) in [5.74, 6) is 0.695. The second kappa shape index (κ2) is 2.64. The lowest BCUT2D eigenvalue weighted by Crippen LogP contribution is -2.34. The van der Waals surface area contributed by atoms with Crippen molar-refractivity contribution in [3.05, 3.63) is 24.3 Å². The molecule has 0 amide bonds. The number of hydrogen-bond donors (Lipinski definition) is 0. The van der Waals surface area contributed by atoms with Crippen molar-refractivity contribution in [2.75, 3.05) is 0 Å². The molecule has 0 aromatic carbocycles. The molecule has 5 atom stereocenters. The summed E-state index contributed by atoms with van der Waals surface area (Å²) >= 11 is 0. The highest BCUT2D eigenvalue weighted by Crippen LogP contribution is 2.53. The largest absolute Gasteiger partial charge is 0.294 e. The monoisotopic (exact) mass is 206 g/mol. The molecule has 3 rings (SSSR count). The van der Waals surface area contributed by atoms with Gasteiger partial charge in [0.05, 0.1) is 0 Å². The van der Waals surface area contributed by atoms with Gasteiger partial charge in [-0.15, -0.1) is 9.24 Å². The van der Waals surface area contributed by atoms with Gasteiger partial charge in [0.15, 0.2) is 11.6 Å². The Balaban J connectivity index is 2.10. The molecule has 0 aromatic rings. The number of rotatable bonds is 0. The lowest BCUT2D eigenvalue weighted by atomic mass is 9.75. The van der Waals surface area contributed by atoms with E-state index in [4.69, 9.17) is 0 Å². The highest BCUT2D eigenvalue weighted by Gasteiger charge is 2.55.